The van der Waals surface area contributed by atoms with Gasteiger partial charge in [0.15, 0.2) is 11.9 Å². The molecule has 110 valence electrons. The first-order valence-corrected chi connectivity index (χ1v) is 7.79. The predicted molar refractivity (Wildman–Crippen MR) is 77.8 cm³/mol. The summed E-state index contributed by atoms with van der Waals surface area (Å²) in [6, 6.07) is 11.5. The van der Waals surface area contributed by atoms with Gasteiger partial charge in [-0.1, -0.05) is 12.1 Å². The summed E-state index contributed by atoms with van der Waals surface area (Å²) in [6.45, 7) is 2.04. The molecule has 1 amide bonds. The van der Waals surface area contributed by atoms with Crippen LogP contribution in [0.2, 0.25) is 0 Å². The zero-order valence-corrected chi connectivity index (χ0v) is 12.3. The van der Waals surface area contributed by atoms with Crippen LogP contribution < -0.4 is 15.0 Å². The number of carbonyl (C=O) groups excluding carboxylic acids is 1. The van der Waals surface area contributed by atoms with Gasteiger partial charge in [0.05, 0.1) is 4.90 Å². The van der Waals surface area contributed by atoms with Crippen molar-refractivity contribution < 1.29 is 17.8 Å². The van der Waals surface area contributed by atoms with Gasteiger partial charge < -0.3 is 5.32 Å². The first-order chi connectivity index (χ1) is 9.86. The molecule has 1 aromatic heterocycles. The number of sulfonamides is 1. The second kappa shape index (κ2) is 6.02. The molecule has 2 rings (SSSR count). The second-order valence-corrected chi connectivity index (χ2v) is 6.15. The number of pyridine rings is 1. The molecule has 0 saturated heterocycles. The minimum absolute atomic E-state index is 0.0381. The first-order valence-electron chi connectivity index (χ1n) is 6.24. The molecule has 3 N–H and O–H groups in total. The highest BCUT2D eigenvalue weighted by Crippen LogP contribution is 2.13. The number of anilines is 1. The number of benzene rings is 1. The number of hydrogen-bond acceptors (Lipinski definition) is 3. The van der Waals surface area contributed by atoms with Crippen molar-refractivity contribution in [1.82, 2.24) is 0 Å². The van der Waals surface area contributed by atoms with E-state index in [1.807, 2.05) is 25.1 Å². The van der Waals surface area contributed by atoms with E-state index in [4.69, 9.17) is 5.14 Å². The van der Waals surface area contributed by atoms with E-state index >= 15 is 0 Å². The van der Waals surface area contributed by atoms with E-state index in [0.717, 1.165) is 5.69 Å². The molecule has 0 atom stereocenters. The smallest absolute Gasteiger partial charge is 0.290 e. The summed E-state index contributed by atoms with van der Waals surface area (Å²) in [4.78, 5) is 11.9. The van der Waals surface area contributed by atoms with E-state index in [1.165, 1.54) is 18.2 Å². The Morgan fingerprint density at radius 3 is 2.67 bits per heavy atom. The average molecular weight is 306 g/mol. The van der Waals surface area contributed by atoms with Gasteiger partial charge in [-0.2, -0.15) is 4.57 Å². The Hall–Kier alpha value is -2.25. The maximum Gasteiger partial charge on any atom is 0.290 e. The fourth-order valence-corrected chi connectivity index (χ4v) is 2.40. The summed E-state index contributed by atoms with van der Waals surface area (Å²) < 4.78 is 24.3. The normalized spacial score (nSPS) is 11.1. The van der Waals surface area contributed by atoms with Gasteiger partial charge in [-0.05, 0) is 18.2 Å². The van der Waals surface area contributed by atoms with Crippen molar-refractivity contribution in [2.75, 3.05) is 5.32 Å². The van der Waals surface area contributed by atoms with E-state index in [-0.39, 0.29) is 17.3 Å². The van der Waals surface area contributed by atoms with Crippen LogP contribution in [0.5, 0.6) is 0 Å². The minimum Gasteiger partial charge on any atom is -0.321 e. The molecule has 0 saturated carbocycles. The number of nitrogens with zero attached hydrogens (tertiary/aromatic N) is 1. The van der Waals surface area contributed by atoms with Crippen LogP contribution in [-0.4, -0.2) is 14.3 Å². The molecule has 0 aliphatic rings. The van der Waals surface area contributed by atoms with Gasteiger partial charge in [0.1, 0.15) is 0 Å². The number of rotatable bonds is 4. The third-order valence-electron chi connectivity index (χ3n) is 2.93. The van der Waals surface area contributed by atoms with Crippen LogP contribution in [0.3, 0.4) is 0 Å². The highest BCUT2D eigenvalue weighted by molar-refractivity contribution is 7.89. The number of amides is 1. The quantitative estimate of drug-likeness (QED) is 0.809. The number of nitrogens with two attached hydrogens (primary N) is 1. The molecule has 1 aromatic carbocycles. The molecule has 0 fully saturated rings. The lowest BCUT2D eigenvalue weighted by atomic mass is 10.3. The second-order valence-electron chi connectivity index (χ2n) is 4.59. The zero-order chi connectivity index (χ0) is 15.5. The van der Waals surface area contributed by atoms with Crippen molar-refractivity contribution in [3.63, 3.8) is 0 Å². The zero-order valence-electron chi connectivity index (χ0n) is 11.5. The lowest BCUT2D eigenvalue weighted by molar-refractivity contribution is -0.690. The molecule has 0 radical (unpaired) electrons. The van der Waals surface area contributed by atoms with E-state index < -0.39 is 10.0 Å². The minimum atomic E-state index is -3.78. The van der Waals surface area contributed by atoms with Gasteiger partial charge in [0.25, 0.3) is 5.91 Å². The SMILES string of the molecule is Cc1cccc[n+]1CC(=O)Nc1cccc(S(N)(=O)=O)c1. The Labute approximate surface area is 123 Å². The standard InChI is InChI=1S/C14H15N3O3S/c1-11-5-2-3-8-17(11)10-14(18)16-12-6-4-7-13(9-12)21(15,19)20/h2-9H,10H2,1H3,(H2-,15,16,18,19,20)/p+1. The summed E-state index contributed by atoms with van der Waals surface area (Å²) >= 11 is 0. The molecule has 2 aromatic rings. The van der Waals surface area contributed by atoms with Crippen LogP contribution >= 0.6 is 0 Å². The summed E-state index contributed by atoms with van der Waals surface area (Å²) in [5, 5.41) is 7.71. The van der Waals surface area contributed by atoms with Gasteiger partial charge >= 0.3 is 0 Å². The third kappa shape index (κ3) is 4.11. The Morgan fingerprint density at radius 2 is 2.00 bits per heavy atom. The molecule has 0 bridgehead atoms. The van der Waals surface area contributed by atoms with Gasteiger partial charge in [0, 0.05) is 24.7 Å². The lowest BCUT2D eigenvalue weighted by Gasteiger charge is -2.05. The monoisotopic (exact) mass is 306 g/mol. The molecular formula is C14H16N3O3S+. The average Bonchev–Trinajstić information content (AvgIpc) is 2.41. The molecule has 0 aliphatic heterocycles. The van der Waals surface area contributed by atoms with E-state index in [0.29, 0.717) is 5.69 Å². The topological polar surface area (TPSA) is 93.1 Å². The van der Waals surface area contributed by atoms with Crippen LogP contribution in [0.1, 0.15) is 5.69 Å². The number of aromatic nitrogens is 1. The number of hydrogen-bond donors (Lipinski definition) is 2. The summed E-state index contributed by atoms with van der Waals surface area (Å²) in [7, 11) is -3.78. The Balaban J connectivity index is 2.12. The Kier molecular flexibility index (Phi) is 4.35. The first kappa shape index (κ1) is 15.1. The Morgan fingerprint density at radius 1 is 1.24 bits per heavy atom. The molecule has 6 nitrogen and oxygen atoms in total. The Bertz CT molecular complexity index is 773. The van der Waals surface area contributed by atoms with Crippen molar-refractivity contribution in [3.05, 3.63) is 54.4 Å². The van der Waals surface area contributed by atoms with Gasteiger partial charge in [-0.25, -0.2) is 13.6 Å². The number of primary sulfonamides is 1. The fourth-order valence-electron chi connectivity index (χ4n) is 1.85. The van der Waals surface area contributed by atoms with Crippen molar-refractivity contribution in [1.29, 1.82) is 0 Å². The molecule has 0 aliphatic carbocycles. The van der Waals surface area contributed by atoms with E-state index in [9.17, 15) is 13.2 Å². The molecule has 0 spiro atoms. The van der Waals surface area contributed by atoms with Crippen molar-refractivity contribution in [3.8, 4) is 0 Å². The van der Waals surface area contributed by atoms with E-state index in [2.05, 4.69) is 5.32 Å². The lowest BCUT2D eigenvalue weighted by Crippen LogP contribution is -2.42. The number of carbonyl (C=O) groups is 1. The van der Waals surface area contributed by atoms with Crippen LogP contribution in [0.15, 0.2) is 53.6 Å². The van der Waals surface area contributed by atoms with E-state index in [1.54, 1.807) is 16.8 Å². The number of nitrogens with one attached hydrogen (secondary N) is 1. The van der Waals surface area contributed by atoms with Crippen LogP contribution in [0.4, 0.5) is 5.69 Å². The largest absolute Gasteiger partial charge is 0.321 e. The van der Waals surface area contributed by atoms with Gasteiger partial charge in [0.2, 0.25) is 16.6 Å². The molecule has 21 heavy (non-hydrogen) atoms. The maximum atomic E-state index is 12.0. The number of aryl methyl sites for hydroxylation is 1. The summed E-state index contributed by atoms with van der Waals surface area (Å²) in [5.74, 6) is -0.249. The highest BCUT2D eigenvalue weighted by Gasteiger charge is 2.13. The summed E-state index contributed by atoms with van der Waals surface area (Å²) in [5.41, 5.74) is 1.34. The van der Waals surface area contributed by atoms with Crippen molar-refractivity contribution in [2.24, 2.45) is 5.14 Å². The molecule has 1 heterocycles. The van der Waals surface area contributed by atoms with Gasteiger partial charge in [-0.15, -0.1) is 0 Å². The molecule has 7 heteroatoms. The molecular weight excluding hydrogens is 290 g/mol. The fraction of sp³-hybridized carbons (Fsp3) is 0.143. The van der Waals surface area contributed by atoms with Crippen LogP contribution in [-0.2, 0) is 21.4 Å². The third-order valence-corrected chi connectivity index (χ3v) is 3.84. The summed E-state index contributed by atoms with van der Waals surface area (Å²) in [6.07, 6.45) is 1.80. The van der Waals surface area contributed by atoms with Crippen molar-refractivity contribution >= 4 is 21.6 Å². The maximum absolute atomic E-state index is 12.0. The molecule has 0 unspecified atom stereocenters. The van der Waals surface area contributed by atoms with Gasteiger partial charge in [-0.3, -0.25) is 4.79 Å². The van der Waals surface area contributed by atoms with Crippen LogP contribution in [0, 0.1) is 6.92 Å². The highest BCUT2D eigenvalue weighted by atomic mass is 32.2. The van der Waals surface area contributed by atoms with Crippen LogP contribution in [0.25, 0.3) is 0 Å². The predicted octanol–water partition coefficient (Wildman–Crippen LogP) is 0.569. The van der Waals surface area contributed by atoms with Crippen molar-refractivity contribution in [2.45, 2.75) is 18.4 Å².